The fourth-order valence-electron chi connectivity index (χ4n) is 1.75. The summed E-state index contributed by atoms with van der Waals surface area (Å²) in [6, 6.07) is 9.62. The fourth-order valence-corrected chi connectivity index (χ4v) is 2.10. The first-order chi connectivity index (χ1) is 9.08. The average Bonchev–Trinajstić information content (AvgIpc) is 2.44. The van der Waals surface area contributed by atoms with Crippen LogP contribution in [0, 0.1) is 5.92 Å². The van der Waals surface area contributed by atoms with Crippen molar-refractivity contribution in [1.82, 2.24) is 0 Å². The monoisotopic (exact) mass is 370 g/mol. The van der Waals surface area contributed by atoms with E-state index >= 15 is 0 Å². The summed E-state index contributed by atoms with van der Waals surface area (Å²) in [4.78, 5) is 12.0. The Hall–Kier alpha value is -1.10. The second kappa shape index (κ2) is 8.15. The number of carbonyl (C=O) groups excluding carboxylic acids is 1. The zero-order valence-electron chi connectivity index (χ0n) is 11.3. The Morgan fingerprint density at radius 1 is 1.42 bits per heavy atom. The summed E-state index contributed by atoms with van der Waals surface area (Å²) in [5.74, 6) is -0.103. The predicted octanol–water partition coefficient (Wildman–Crippen LogP) is 4.30. The molecule has 0 aliphatic carbocycles. The van der Waals surface area contributed by atoms with Gasteiger partial charge in [-0.05, 0) is 22.1 Å². The van der Waals surface area contributed by atoms with Crippen molar-refractivity contribution in [2.45, 2.75) is 26.4 Å². The van der Waals surface area contributed by atoms with Gasteiger partial charge in [-0.3, -0.25) is 4.79 Å². The minimum Gasteiger partial charge on any atom is -0.457 e. The highest BCUT2D eigenvalue weighted by Gasteiger charge is 2.21. The number of benzene rings is 1. The zero-order valence-corrected chi connectivity index (χ0v) is 13.5. The lowest BCUT2D eigenvalue weighted by Crippen LogP contribution is -2.26. The van der Waals surface area contributed by atoms with E-state index in [2.05, 4.69) is 29.2 Å². The van der Waals surface area contributed by atoms with Gasteiger partial charge in [0.15, 0.2) is 0 Å². The average molecular weight is 370 g/mol. The molecule has 0 unspecified atom stereocenters. The number of esters is 1. The number of halogens is 1. The highest BCUT2D eigenvalue weighted by molar-refractivity contribution is 14.1. The Balaban J connectivity index is 2.69. The van der Waals surface area contributed by atoms with Crippen LogP contribution in [0.15, 0.2) is 52.6 Å². The van der Waals surface area contributed by atoms with E-state index in [4.69, 9.17) is 4.74 Å². The maximum absolute atomic E-state index is 12.0. The third-order valence-corrected chi connectivity index (χ3v) is 3.90. The van der Waals surface area contributed by atoms with Crippen molar-refractivity contribution in [1.29, 1.82) is 0 Å². The molecule has 2 nitrogen and oxygen atoms in total. The molecule has 2 atom stereocenters. The Kier molecular flexibility index (Phi) is 6.84. The topological polar surface area (TPSA) is 26.3 Å². The quantitative estimate of drug-likeness (QED) is 0.424. The summed E-state index contributed by atoms with van der Waals surface area (Å²) in [6.45, 7) is 7.73. The zero-order chi connectivity index (χ0) is 14.3. The van der Waals surface area contributed by atoms with Gasteiger partial charge in [-0.2, -0.15) is 0 Å². The number of hydrogen-bond acceptors (Lipinski definition) is 2. The smallest absolute Gasteiger partial charge is 0.310 e. The molecule has 102 valence electrons. The molecule has 0 N–H and O–H groups in total. The first-order valence-corrected chi connectivity index (χ1v) is 7.46. The minimum absolute atomic E-state index is 0.103. The van der Waals surface area contributed by atoms with Crippen LogP contribution in [0.4, 0.5) is 0 Å². The van der Waals surface area contributed by atoms with Gasteiger partial charge in [0, 0.05) is 5.92 Å². The summed E-state index contributed by atoms with van der Waals surface area (Å²) in [7, 11) is 0. The van der Waals surface area contributed by atoms with Crippen molar-refractivity contribution in [3.8, 4) is 0 Å². The van der Waals surface area contributed by atoms with Gasteiger partial charge in [-0.15, -0.1) is 6.58 Å². The van der Waals surface area contributed by atoms with Gasteiger partial charge in [-0.1, -0.05) is 65.9 Å². The van der Waals surface area contributed by atoms with Crippen molar-refractivity contribution in [3.05, 3.63) is 58.2 Å². The van der Waals surface area contributed by atoms with Crippen LogP contribution in [0.3, 0.4) is 0 Å². The Bertz CT molecular complexity index is 451. The van der Waals surface area contributed by atoms with Gasteiger partial charge in [0.2, 0.25) is 0 Å². The van der Waals surface area contributed by atoms with Crippen molar-refractivity contribution >= 4 is 28.6 Å². The van der Waals surface area contributed by atoms with E-state index in [9.17, 15) is 4.79 Å². The molecule has 0 amide bonds. The van der Waals surface area contributed by atoms with Crippen LogP contribution in [-0.2, 0) is 16.0 Å². The molecule has 0 heterocycles. The van der Waals surface area contributed by atoms with Gasteiger partial charge < -0.3 is 4.74 Å². The molecular formula is C16H19IO2. The van der Waals surface area contributed by atoms with Crippen molar-refractivity contribution in [2.75, 3.05) is 0 Å². The van der Waals surface area contributed by atoms with Crippen LogP contribution >= 0.6 is 22.6 Å². The van der Waals surface area contributed by atoms with E-state index < -0.39 is 0 Å². The van der Waals surface area contributed by atoms with Crippen LogP contribution < -0.4 is 0 Å². The third-order valence-electron chi connectivity index (χ3n) is 2.92. The highest BCUT2D eigenvalue weighted by Crippen LogP contribution is 2.19. The lowest BCUT2D eigenvalue weighted by molar-refractivity contribution is -0.147. The van der Waals surface area contributed by atoms with Gasteiger partial charge in [0.05, 0.1) is 6.42 Å². The van der Waals surface area contributed by atoms with Crippen LogP contribution in [-0.4, -0.2) is 12.1 Å². The van der Waals surface area contributed by atoms with Crippen molar-refractivity contribution in [2.24, 2.45) is 5.92 Å². The van der Waals surface area contributed by atoms with E-state index in [1.54, 1.807) is 0 Å². The lowest BCUT2D eigenvalue weighted by Gasteiger charge is -2.22. The van der Waals surface area contributed by atoms with E-state index in [-0.39, 0.29) is 18.0 Å². The molecule has 0 aliphatic rings. The Labute approximate surface area is 128 Å². The van der Waals surface area contributed by atoms with E-state index in [1.165, 1.54) is 0 Å². The van der Waals surface area contributed by atoms with Crippen molar-refractivity contribution in [3.63, 3.8) is 0 Å². The molecule has 0 spiro atoms. The highest BCUT2D eigenvalue weighted by atomic mass is 127. The molecule has 19 heavy (non-hydrogen) atoms. The van der Waals surface area contributed by atoms with Gasteiger partial charge >= 0.3 is 5.97 Å². The van der Waals surface area contributed by atoms with Gasteiger partial charge in [-0.25, -0.2) is 0 Å². The maximum Gasteiger partial charge on any atom is 0.310 e. The molecule has 0 saturated carbocycles. The Morgan fingerprint density at radius 2 is 2.05 bits per heavy atom. The molecule has 0 aromatic heterocycles. The lowest BCUT2D eigenvalue weighted by atomic mass is 9.99. The van der Waals surface area contributed by atoms with Crippen LogP contribution in [0.25, 0.3) is 0 Å². The van der Waals surface area contributed by atoms with Gasteiger partial charge in [0.25, 0.3) is 0 Å². The first kappa shape index (κ1) is 16.0. The second-order valence-electron chi connectivity index (χ2n) is 4.52. The standard InChI is InChI=1S/C16H19IO2/c1-4-12(2)16(13(3)11-17)19-15(18)10-14-8-6-5-7-9-14/h4-9,11-12,16H,1,10H2,2-3H3/b13-11+/t12-,16-/m0/s1. The number of rotatable bonds is 6. The van der Waals surface area contributed by atoms with E-state index in [1.807, 2.05) is 54.3 Å². The second-order valence-corrected chi connectivity index (χ2v) is 5.14. The molecule has 0 radical (unpaired) electrons. The molecule has 0 fully saturated rings. The van der Waals surface area contributed by atoms with E-state index in [0.717, 1.165) is 11.1 Å². The molecule has 0 bridgehead atoms. The molecule has 1 aromatic rings. The molecule has 1 aromatic carbocycles. The number of hydrogen-bond donors (Lipinski definition) is 0. The maximum atomic E-state index is 12.0. The largest absolute Gasteiger partial charge is 0.457 e. The first-order valence-electron chi connectivity index (χ1n) is 6.21. The summed E-state index contributed by atoms with van der Waals surface area (Å²) in [6.07, 6.45) is 1.88. The summed E-state index contributed by atoms with van der Waals surface area (Å²) < 4.78 is 7.52. The van der Waals surface area contributed by atoms with Crippen molar-refractivity contribution < 1.29 is 9.53 Å². The van der Waals surface area contributed by atoms with Crippen LogP contribution in [0.1, 0.15) is 19.4 Å². The summed E-state index contributed by atoms with van der Waals surface area (Å²) >= 11 is 2.16. The molecule has 0 aliphatic heterocycles. The predicted molar refractivity (Wildman–Crippen MR) is 87.2 cm³/mol. The fraction of sp³-hybridized carbons (Fsp3) is 0.312. The minimum atomic E-state index is -0.231. The molecule has 3 heteroatoms. The van der Waals surface area contributed by atoms with E-state index in [0.29, 0.717) is 6.42 Å². The molecular weight excluding hydrogens is 351 g/mol. The normalized spacial score (nSPS) is 14.6. The Morgan fingerprint density at radius 3 is 2.58 bits per heavy atom. The summed E-state index contributed by atoms with van der Waals surface area (Å²) in [5.41, 5.74) is 2.00. The SMILES string of the molecule is C=C[C@H](C)[C@H](OC(=O)Cc1ccccc1)/C(C)=C/I. The molecule has 0 saturated heterocycles. The van der Waals surface area contributed by atoms with Gasteiger partial charge in [0.1, 0.15) is 6.10 Å². The van der Waals surface area contributed by atoms with Crippen LogP contribution in [0.2, 0.25) is 0 Å². The molecule has 1 rings (SSSR count). The number of ether oxygens (including phenoxy) is 1. The third kappa shape index (κ3) is 5.19. The number of carbonyl (C=O) groups is 1. The van der Waals surface area contributed by atoms with Crippen LogP contribution in [0.5, 0.6) is 0 Å². The summed E-state index contributed by atoms with van der Waals surface area (Å²) in [5, 5.41) is 0.